The molecule has 6 heteroatoms. The Hall–Kier alpha value is -0.970. The molecule has 1 atom stereocenters. The van der Waals surface area contributed by atoms with Gasteiger partial charge >= 0.3 is 6.03 Å². The number of anilines is 1. The molecule has 1 aromatic carbocycles. The standard InChI is InChI=1S/C15H18Cl2N2O2/c16-12-2-1-3-13(14(12)17)18-15(20)19(11-4-5-11)8-10-6-7-21-9-10/h1-3,10-11H,4-9H2,(H,18,20). The minimum Gasteiger partial charge on any atom is -0.381 e. The number of nitrogens with zero attached hydrogens (tertiary/aromatic N) is 1. The molecule has 4 nitrogen and oxygen atoms in total. The molecule has 1 N–H and O–H groups in total. The summed E-state index contributed by atoms with van der Waals surface area (Å²) in [7, 11) is 0. The van der Waals surface area contributed by atoms with Crippen molar-refractivity contribution in [2.75, 3.05) is 25.1 Å². The van der Waals surface area contributed by atoms with Crippen LogP contribution in [0.4, 0.5) is 10.5 Å². The van der Waals surface area contributed by atoms with Gasteiger partial charge in [-0.2, -0.15) is 0 Å². The highest BCUT2D eigenvalue weighted by Gasteiger charge is 2.35. The topological polar surface area (TPSA) is 41.6 Å². The van der Waals surface area contributed by atoms with E-state index in [4.69, 9.17) is 27.9 Å². The molecule has 3 rings (SSSR count). The molecule has 1 heterocycles. The fourth-order valence-electron chi connectivity index (χ4n) is 2.58. The smallest absolute Gasteiger partial charge is 0.322 e. The van der Waals surface area contributed by atoms with E-state index in [1.165, 1.54) is 0 Å². The lowest BCUT2D eigenvalue weighted by atomic mass is 10.1. The van der Waals surface area contributed by atoms with Crippen molar-refractivity contribution >= 4 is 34.9 Å². The zero-order chi connectivity index (χ0) is 14.8. The van der Waals surface area contributed by atoms with Crippen LogP contribution in [0.15, 0.2) is 18.2 Å². The number of rotatable bonds is 4. The van der Waals surface area contributed by atoms with Gasteiger partial charge in [-0.15, -0.1) is 0 Å². The largest absolute Gasteiger partial charge is 0.381 e. The molecule has 2 amide bonds. The minimum absolute atomic E-state index is 0.103. The van der Waals surface area contributed by atoms with Gasteiger partial charge in [0.15, 0.2) is 0 Å². The molecule has 1 saturated carbocycles. The van der Waals surface area contributed by atoms with Gasteiger partial charge in [-0.3, -0.25) is 0 Å². The summed E-state index contributed by atoms with van der Waals surface area (Å²) in [6.45, 7) is 2.29. The zero-order valence-electron chi connectivity index (χ0n) is 11.6. The summed E-state index contributed by atoms with van der Waals surface area (Å²) in [5, 5.41) is 3.70. The summed E-state index contributed by atoms with van der Waals surface area (Å²) in [6.07, 6.45) is 3.17. The molecule has 1 unspecified atom stereocenters. The maximum absolute atomic E-state index is 12.5. The average Bonchev–Trinajstić information content (AvgIpc) is 3.17. The summed E-state index contributed by atoms with van der Waals surface area (Å²) in [6, 6.07) is 5.48. The third kappa shape index (κ3) is 3.62. The van der Waals surface area contributed by atoms with E-state index < -0.39 is 0 Å². The van der Waals surface area contributed by atoms with Gasteiger partial charge in [0.2, 0.25) is 0 Å². The van der Waals surface area contributed by atoms with E-state index in [2.05, 4.69) is 5.32 Å². The molecule has 1 aromatic rings. The minimum atomic E-state index is -0.103. The predicted molar refractivity (Wildman–Crippen MR) is 84.1 cm³/mol. The molecular weight excluding hydrogens is 311 g/mol. The second-order valence-electron chi connectivity index (χ2n) is 5.64. The van der Waals surface area contributed by atoms with Gasteiger partial charge in [0, 0.05) is 25.1 Å². The first-order chi connectivity index (χ1) is 10.1. The van der Waals surface area contributed by atoms with Gasteiger partial charge in [0.05, 0.1) is 22.3 Å². The van der Waals surface area contributed by atoms with Crippen molar-refractivity contribution in [1.82, 2.24) is 4.90 Å². The summed E-state index contributed by atoms with van der Waals surface area (Å²) in [4.78, 5) is 14.4. The Bertz CT molecular complexity index is 528. The monoisotopic (exact) mass is 328 g/mol. The fourth-order valence-corrected chi connectivity index (χ4v) is 2.92. The molecule has 1 saturated heterocycles. The second kappa shape index (κ2) is 6.42. The number of nitrogens with one attached hydrogen (secondary N) is 1. The quantitative estimate of drug-likeness (QED) is 0.906. The highest BCUT2D eigenvalue weighted by atomic mass is 35.5. The van der Waals surface area contributed by atoms with Crippen molar-refractivity contribution in [3.05, 3.63) is 28.2 Å². The maximum Gasteiger partial charge on any atom is 0.322 e. The van der Waals surface area contributed by atoms with Crippen molar-refractivity contribution in [3.63, 3.8) is 0 Å². The molecule has 21 heavy (non-hydrogen) atoms. The normalized spacial score (nSPS) is 21.3. The number of carbonyl (C=O) groups excluding carboxylic acids is 1. The number of carbonyl (C=O) groups is 1. The van der Waals surface area contributed by atoms with Gasteiger partial charge < -0.3 is 15.0 Å². The molecule has 1 aliphatic heterocycles. The summed E-state index contributed by atoms with van der Waals surface area (Å²) < 4.78 is 5.39. The van der Waals surface area contributed by atoms with E-state index >= 15 is 0 Å². The third-order valence-electron chi connectivity index (χ3n) is 3.92. The van der Waals surface area contributed by atoms with Crippen molar-refractivity contribution in [2.45, 2.75) is 25.3 Å². The SMILES string of the molecule is O=C(Nc1cccc(Cl)c1Cl)N(CC1CCOC1)C1CC1. The molecule has 0 radical (unpaired) electrons. The Balaban J connectivity index is 1.67. The number of benzene rings is 1. The Morgan fingerprint density at radius 1 is 1.33 bits per heavy atom. The van der Waals surface area contributed by atoms with Gasteiger partial charge in [-0.1, -0.05) is 29.3 Å². The molecule has 0 aromatic heterocycles. The van der Waals surface area contributed by atoms with E-state index in [0.717, 1.165) is 39.0 Å². The first-order valence-electron chi connectivity index (χ1n) is 7.24. The average molecular weight is 329 g/mol. The molecule has 2 fully saturated rings. The van der Waals surface area contributed by atoms with E-state index in [0.29, 0.717) is 27.7 Å². The lowest BCUT2D eigenvalue weighted by Crippen LogP contribution is -2.40. The molecule has 0 spiro atoms. The number of ether oxygens (including phenoxy) is 1. The van der Waals surface area contributed by atoms with Crippen LogP contribution in [0.5, 0.6) is 0 Å². The van der Waals surface area contributed by atoms with Crippen molar-refractivity contribution in [1.29, 1.82) is 0 Å². The number of halogens is 2. The van der Waals surface area contributed by atoms with Crippen LogP contribution in [0.1, 0.15) is 19.3 Å². The molecule has 0 bridgehead atoms. The maximum atomic E-state index is 12.5. The van der Waals surface area contributed by atoms with Crippen molar-refractivity contribution in [2.24, 2.45) is 5.92 Å². The van der Waals surface area contributed by atoms with E-state index in [-0.39, 0.29) is 6.03 Å². The number of amides is 2. The lowest BCUT2D eigenvalue weighted by Gasteiger charge is -2.25. The van der Waals surface area contributed by atoms with Crippen molar-refractivity contribution in [3.8, 4) is 0 Å². The van der Waals surface area contributed by atoms with Gasteiger partial charge in [-0.05, 0) is 31.4 Å². The number of hydrogen-bond donors (Lipinski definition) is 1. The Morgan fingerprint density at radius 3 is 2.81 bits per heavy atom. The first-order valence-corrected chi connectivity index (χ1v) is 8.00. The number of hydrogen-bond acceptors (Lipinski definition) is 2. The van der Waals surface area contributed by atoms with E-state index in [9.17, 15) is 4.79 Å². The van der Waals surface area contributed by atoms with Gasteiger partial charge in [0.25, 0.3) is 0 Å². The fraction of sp³-hybridized carbons (Fsp3) is 0.533. The highest BCUT2D eigenvalue weighted by Crippen LogP contribution is 2.32. The van der Waals surface area contributed by atoms with Gasteiger partial charge in [0.1, 0.15) is 0 Å². The zero-order valence-corrected chi connectivity index (χ0v) is 13.2. The van der Waals surface area contributed by atoms with Gasteiger partial charge in [-0.25, -0.2) is 4.79 Å². The van der Waals surface area contributed by atoms with Crippen LogP contribution in [0.3, 0.4) is 0 Å². The second-order valence-corrected chi connectivity index (χ2v) is 6.43. The number of urea groups is 1. The Labute approximate surface area is 134 Å². The van der Waals surface area contributed by atoms with Crippen LogP contribution in [0.25, 0.3) is 0 Å². The Morgan fingerprint density at radius 2 is 2.14 bits per heavy atom. The first kappa shape index (κ1) is 14.9. The van der Waals surface area contributed by atoms with Crippen LogP contribution in [0.2, 0.25) is 10.0 Å². The van der Waals surface area contributed by atoms with Crippen LogP contribution in [-0.4, -0.2) is 36.7 Å². The molecule has 114 valence electrons. The Kier molecular flexibility index (Phi) is 4.57. The predicted octanol–water partition coefficient (Wildman–Crippen LogP) is 4.03. The van der Waals surface area contributed by atoms with Crippen LogP contribution < -0.4 is 5.32 Å². The molecular formula is C15H18Cl2N2O2. The molecule has 2 aliphatic rings. The van der Waals surface area contributed by atoms with E-state index in [1.807, 2.05) is 4.90 Å². The summed E-state index contributed by atoms with van der Waals surface area (Å²) in [5.41, 5.74) is 0.558. The highest BCUT2D eigenvalue weighted by molar-refractivity contribution is 6.43. The van der Waals surface area contributed by atoms with Crippen LogP contribution in [0, 0.1) is 5.92 Å². The summed E-state index contributed by atoms with van der Waals surface area (Å²) >= 11 is 12.1. The lowest BCUT2D eigenvalue weighted by molar-refractivity contribution is 0.167. The van der Waals surface area contributed by atoms with Crippen LogP contribution >= 0.6 is 23.2 Å². The third-order valence-corrected chi connectivity index (χ3v) is 4.74. The summed E-state index contributed by atoms with van der Waals surface area (Å²) in [5.74, 6) is 0.436. The molecule has 1 aliphatic carbocycles. The van der Waals surface area contributed by atoms with Crippen LogP contribution in [-0.2, 0) is 4.74 Å². The van der Waals surface area contributed by atoms with Crippen molar-refractivity contribution < 1.29 is 9.53 Å². The van der Waals surface area contributed by atoms with E-state index in [1.54, 1.807) is 18.2 Å².